The molecule has 0 aromatic heterocycles. The standard InChI is InChI=1S/C15H24O/c1-15(2,3)14-10-8-13(9-11-14)7-5-4-6-12-16/h8-11,16H,4-7,12H2,1-3H3. The van der Waals surface area contributed by atoms with Gasteiger partial charge in [0.25, 0.3) is 0 Å². The maximum Gasteiger partial charge on any atom is 0.0431 e. The summed E-state index contributed by atoms with van der Waals surface area (Å²) >= 11 is 0. The highest BCUT2D eigenvalue weighted by Gasteiger charge is 2.12. The third kappa shape index (κ3) is 4.36. The summed E-state index contributed by atoms with van der Waals surface area (Å²) in [6, 6.07) is 8.95. The highest BCUT2D eigenvalue weighted by atomic mass is 16.2. The second-order valence-corrected chi connectivity index (χ2v) is 5.48. The maximum absolute atomic E-state index is 8.69. The van der Waals surface area contributed by atoms with Crippen molar-refractivity contribution in [2.45, 2.75) is 51.9 Å². The van der Waals surface area contributed by atoms with Gasteiger partial charge in [0.05, 0.1) is 0 Å². The lowest BCUT2D eigenvalue weighted by molar-refractivity contribution is 0.283. The Balaban J connectivity index is 2.46. The van der Waals surface area contributed by atoms with Gasteiger partial charge in [-0.25, -0.2) is 0 Å². The molecule has 0 bridgehead atoms. The quantitative estimate of drug-likeness (QED) is 0.750. The van der Waals surface area contributed by atoms with Crippen LogP contribution in [-0.4, -0.2) is 11.7 Å². The molecule has 0 heterocycles. The van der Waals surface area contributed by atoms with Gasteiger partial charge >= 0.3 is 0 Å². The summed E-state index contributed by atoms with van der Waals surface area (Å²) in [6.45, 7) is 7.04. The lowest BCUT2D eigenvalue weighted by atomic mass is 9.86. The molecule has 1 heteroatoms. The maximum atomic E-state index is 8.69. The number of hydrogen-bond donors (Lipinski definition) is 1. The molecule has 0 aliphatic rings. The number of aryl methyl sites for hydroxylation is 1. The van der Waals surface area contributed by atoms with Gasteiger partial charge in [-0.2, -0.15) is 0 Å². The first-order valence-corrected chi connectivity index (χ1v) is 6.24. The van der Waals surface area contributed by atoms with Crippen LogP contribution >= 0.6 is 0 Å². The van der Waals surface area contributed by atoms with E-state index in [1.165, 1.54) is 17.5 Å². The Morgan fingerprint density at radius 1 is 0.938 bits per heavy atom. The Bertz CT molecular complexity index is 292. The highest BCUT2D eigenvalue weighted by molar-refractivity contribution is 5.27. The van der Waals surface area contributed by atoms with E-state index in [1.54, 1.807) is 0 Å². The zero-order valence-corrected chi connectivity index (χ0v) is 10.8. The number of unbranched alkanes of at least 4 members (excludes halogenated alkanes) is 2. The first kappa shape index (κ1) is 13.2. The molecule has 1 aromatic carbocycles. The lowest BCUT2D eigenvalue weighted by Crippen LogP contribution is -2.10. The summed E-state index contributed by atoms with van der Waals surface area (Å²) in [5.74, 6) is 0. The fourth-order valence-corrected chi connectivity index (χ4v) is 1.79. The Labute approximate surface area is 99.5 Å². The van der Waals surface area contributed by atoms with Crippen LogP contribution < -0.4 is 0 Å². The molecule has 90 valence electrons. The zero-order valence-electron chi connectivity index (χ0n) is 10.8. The smallest absolute Gasteiger partial charge is 0.0431 e. The number of benzene rings is 1. The van der Waals surface area contributed by atoms with Crippen molar-refractivity contribution in [1.29, 1.82) is 0 Å². The summed E-state index contributed by atoms with van der Waals surface area (Å²) in [4.78, 5) is 0. The SMILES string of the molecule is CC(C)(C)c1ccc(CCCCCO)cc1. The van der Waals surface area contributed by atoms with E-state index in [2.05, 4.69) is 45.0 Å². The lowest BCUT2D eigenvalue weighted by Gasteiger charge is -2.19. The van der Waals surface area contributed by atoms with Gasteiger partial charge in [0, 0.05) is 6.61 Å². The molecular formula is C15H24O. The summed E-state index contributed by atoms with van der Waals surface area (Å²) in [5, 5.41) is 8.69. The van der Waals surface area contributed by atoms with Gasteiger partial charge in [-0.1, -0.05) is 51.5 Å². The Morgan fingerprint density at radius 3 is 2.06 bits per heavy atom. The fraction of sp³-hybridized carbons (Fsp3) is 0.600. The van der Waals surface area contributed by atoms with Crippen molar-refractivity contribution in [2.75, 3.05) is 6.61 Å². The summed E-state index contributed by atoms with van der Waals surface area (Å²) < 4.78 is 0. The molecule has 0 aliphatic carbocycles. The van der Waals surface area contributed by atoms with Crippen molar-refractivity contribution >= 4 is 0 Å². The first-order chi connectivity index (χ1) is 7.54. The molecule has 1 aromatic rings. The van der Waals surface area contributed by atoms with Gasteiger partial charge in [0.2, 0.25) is 0 Å². The van der Waals surface area contributed by atoms with E-state index in [-0.39, 0.29) is 5.41 Å². The highest BCUT2D eigenvalue weighted by Crippen LogP contribution is 2.22. The Morgan fingerprint density at radius 2 is 1.56 bits per heavy atom. The van der Waals surface area contributed by atoms with Gasteiger partial charge in [-0.15, -0.1) is 0 Å². The predicted octanol–water partition coefficient (Wildman–Crippen LogP) is 3.69. The number of rotatable bonds is 5. The molecule has 0 unspecified atom stereocenters. The van der Waals surface area contributed by atoms with E-state index in [9.17, 15) is 0 Å². The Kier molecular flexibility index (Phi) is 5.01. The molecular weight excluding hydrogens is 196 g/mol. The summed E-state index contributed by atoms with van der Waals surface area (Å²) in [5.41, 5.74) is 3.05. The minimum Gasteiger partial charge on any atom is -0.396 e. The van der Waals surface area contributed by atoms with E-state index < -0.39 is 0 Å². The van der Waals surface area contributed by atoms with E-state index in [0.717, 1.165) is 19.3 Å². The monoisotopic (exact) mass is 220 g/mol. The van der Waals surface area contributed by atoms with Crippen LogP contribution in [0.2, 0.25) is 0 Å². The summed E-state index contributed by atoms with van der Waals surface area (Å²) in [6.07, 6.45) is 4.36. The van der Waals surface area contributed by atoms with Crippen molar-refractivity contribution < 1.29 is 5.11 Å². The van der Waals surface area contributed by atoms with Crippen LogP contribution in [0.5, 0.6) is 0 Å². The average Bonchev–Trinajstić information content (AvgIpc) is 2.24. The molecule has 0 radical (unpaired) electrons. The molecule has 1 N–H and O–H groups in total. The van der Waals surface area contributed by atoms with Crippen LogP contribution in [0.15, 0.2) is 24.3 Å². The second kappa shape index (κ2) is 6.05. The third-order valence-electron chi connectivity index (χ3n) is 2.94. The van der Waals surface area contributed by atoms with E-state index in [4.69, 9.17) is 5.11 Å². The van der Waals surface area contributed by atoms with Crippen molar-refractivity contribution in [3.8, 4) is 0 Å². The minimum atomic E-state index is 0.245. The number of aliphatic hydroxyl groups is 1. The molecule has 0 spiro atoms. The van der Waals surface area contributed by atoms with Crippen molar-refractivity contribution in [3.05, 3.63) is 35.4 Å². The molecule has 0 fully saturated rings. The molecule has 0 amide bonds. The van der Waals surface area contributed by atoms with Crippen LogP contribution in [0.3, 0.4) is 0 Å². The van der Waals surface area contributed by atoms with Gasteiger partial charge in [0.15, 0.2) is 0 Å². The molecule has 1 nitrogen and oxygen atoms in total. The van der Waals surface area contributed by atoms with Crippen molar-refractivity contribution in [1.82, 2.24) is 0 Å². The number of hydrogen-bond acceptors (Lipinski definition) is 1. The Hall–Kier alpha value is -0.820. The molecule has 1 rings (SSSR count). The molecule has 16 heavy (non-hydrogen) atoms. The van der Waals surface area contributed by atoms with Crippen LogP contribution in [-0.2, 0) is 11.8 Å². The van der Waals surface area contributed by atoms with Crippen LogP contribution in [0.1, 0.15) is 51.2 Å². The molecule has 0 saturated heterocycles. The normalized spacial score (nSPS) is 11.8. The predicted molar refractivity (Wildman–Crippen MR) is 69.8 cm³/mol. The number of aliphatic hydroxyl groups excluding tert-OH is 1. The van der Waals surface area contributed by atoms with Crippen LogP contribution in [0, 0.1) is 0 Å². The topological polar surface area (TPSA) is 20.2 Å². The van der Waals surface area contributed by atoms with Crippen LogP contribution in [0.25, 0.3) is 0 Å². The largest absolute Gasteiger partial charge is 0.396 e. The van der Waals surface area contributed by atoms with Crippen molar-refractivity contribution in [2.24, 2.45) is 0 Å². The van der Waals surface area contributed by atoms with E-state index in [0.29, 0.717) is 6.61 Å². The minimum absolute atomic E-state index is 0.245. The molecule has 0 saturated carbocycles. The van der Waals surface area contributed by atoms with Crippen LogP contribution in [0.4, 0.5) is 0 Å². The van der Waals surface area contributed by atoms with E-state index >= 15 is 0 Å². The third-order valence-corrected chi connectivity index (χ3v) is 2.94. The first-order valence-electron chi connectivity index (χ1n) is 6.24. The average molecular weight is 220 g/mol. The molecule has 0 aliphatic heterocycles. The van der Waals surface area contributed by atoms with E-state index in [1.807, 2.05) is 0 Å². The second-order valence-electron chi connectivity index (χ2n) is 5.48. The molecule has 0 atom stereocenters. The van der Waals surface area contributed by atoms with Gasteiger partial charge in [0.1, 0.15) is 0 Å². The fourth-order valence-electron chi connectivity index (χ4n) is 1.79. The van der Waals surface area contributed by atoms with Gasteiger partial charge < -0.3 is 5.11 Å². The van der Waals surface area contributed by atoms with Gasteiger partial charge in [-0.05, 0) is 35.8 Å². The zero-order chi connectivity index (χ0) is 12.0. The van der Waals surface area contributed by atoms with Crippen molar-refractivity contribution in [3.63, 3.8) is 0 Å². The van der Waals surface area contributed by atoms with Gasteiger partial charge in [-0.3, -0.25) is 0 Å². The summed E-state index contributed by atoms with van der Waals surface area (Å²) in [7, 11) is 0.